The van der Waals surface area contributed by atoms with Crippen LogP contribution in [0, 0.1) is 5.41 Å². The number of nitrogens with one attached hydrogen (secondary N) is 1. The van der Waals surface area contributed by atoms with E-state index < -0.39 is 11.7 Å². The molecule has 1 aliphatic carbocycles. The number of hydrogen-bond acceptors (Lipinski definition) is 2. The molecule has 1 aromatic rings. The zero-order valence-electron chi connectivity index (χ0n) is 12.2. The van der Waals surface area contributed by atoms with Crippen LogP contribution in [0.1, 0.15) is 32.8 Å². The van der Waals surface area contributed by atoms with Gasteiger partial charge in [0, 0.05) is 28.8 Å². The summed E-state index contributed by atoms with van der Waals surface area (Å²) in [4.78, 5) is 0. The Bertz CT molecular complexity index is 516. The van der Waals surface area contributed by atoms with E-state index in [4.69, 9.17) is 16.3 Å². The molecule has 118 valence electrons. The van der Waals surface area contributed by atoms with Crippen molar-refractivity contribution in [2.24, 2.45) is 5.41 Å². The Kier molecular flexibility index (Phi) is 4.45. The molecule has 21 heavy (non-hydrogen) atoms. The third-order valence-corrected chi connectivity index (χ3v) is 4.33. The molecule has 0 spiro atoms. The monoisotopic (exact) mass is 321 g/mol. The molecule has 2 unspecified atom stereocenters. The first-order valence-corrected chi connectivity index (χ1v) is 7.28. The second-order valence-electron chi connectivity index (χ2n) is 5.92. The third-order valence-electron chi connectivity index (χ3n) is 4.11. The zero-order valence-corrected chi connectivity index (χ0v) is 13.0. The standard InChI is InChI=1S/C15H19ClF3NO/c1-4-21-13-8-12(14(13,2)3)20-11-6-9(15(17,18)19)5-10(16)7-11/h5-7,12-13,20H,4,8H2,1-3H3. The minimum absolute atomic E-state index is 0.0635. The third kappa shape index (κ3) is 3.46. The predicted molar refractivity (Wildman–Crippen MR) is 77.7 cm³/mol. The van der Waals surface area contributed by atoms with Gasteiger partial charge in [0.05, 0.1) is 11.7 Å². The lowest BCUT2D eigenvalue weighted by Gasteiger charge is -2.52. The molecule has 0 heterocycles. The van der Waals surface area contributed by atoms with Gasteiger partial charge in [-0.25, -0.2) is 0 Å². The molecule has 0 bridgehead atoms. The summed E-state index contributed by atoms with van der Waals surface area (Å²) in [6, 6.07) is 3.60. The van der Waals surface area contributed by atoms with Crippen molar-refractivity contribution >= 4 is 17.3 Å². The van der Waals surface area contributed by atoms with E-state index in [0.717, 1.165) is 18.6 Å². The van der Waals surface area contributed by atoms with Crippen LogP contribution in [0.2, 0.25) is 5.02 Å². The highest BCUT2D eigenvalue weighted by molar-refractivity contribution is 6.30. The van der Waals surface area contributed by atoms with E-state index in [-0.39, 0.29) is 22.6 Å². The topological polar surface area (TPSA) is 21.3 Å². The van der Waals surface area contributed by atoms with E-state index in [0.29, 0.717) is 12.3 Å². The Morgan fingerprint density at radius 1 is 1.33 bits per heavy atom. The van der Waals surface area contributed by atoms with Gasteiger partial charge in [0.2, 0.25) is 0 Å². The van der Waals surface area contributed by atoms with Gasteiger partial charge in [-0.3, -0.25) is 0 Å². The highest BCUT2D eigenvalue weighted by atomic mass is 35.5. The zero-order chi connectivity index (χ0) is 15.8. The van der Waals surface area contributed by atoms with Crippen molar-refractivity contribution < 1.29 is 17.9 Å². The maximum Gasteiger partial charge on any atom is 0.416 e. The summed E-state index contributed by atoms with van der Waals surface area (Å²) >= 11 is 5.79. The molecule has 6 heteroatoms. The van der Waals surface area contributed by atoms with Crippen molar-refractivity contribution in [1.29, 1.82) is 0 Å². The Morgan fingerprint density at radius 2 is 2.00 bits per heavy atom. The van der Waals surface area contributed by atoms with Crippen molar-refractivity contribution in [3.8, 4) is 0 Å². The lowest BCUT2D eigenvalue weighted by atomic mass is 9.64. The van der Waals surface area contributed by atoms with Gasteiger partial charge < -0.3 is 10.1 Å². The largest absolute Gasteiger partial charge is 0.416 e. The highest BCUT2D eigenvalue weighted by Crippen LogP contribution is 2.45. The molecule has 0 aliphatic heterocycles. The van der Waals surface area contributed by atoms with Crippen LogP contribution in [0.5, 0.6) is 0 Å². The molecule has 1 aromatic carbocycles. The maximum atomic E-state index is 12.8. The van der Waals surface area contributed by atoms with Crippen molar-refractivity contribution in [3.63, 3.8) is 0 Å². The number of alkyl halides is 3. The van der Waals surface area contributed by atoms with Crippen molar-refractivity contribution in [1.82, 2.24) is 0 Å². The Hall–Kier alpha value is -0.940. The van der Waals surface area contributed by atoms with Crippen LogP contribution in [0.4, 0.5) is 18.9 Å². The van der Waals surface area contributed by atoms with Crippen molar-refractivity contribution in [3.05, 3.63) is 28.8 Å². The fourth-order valence-electron chi connectivity index (χ4n) is 2.65. The van der Waals surface area contributed by atoms with Crippen LogP contribution in [0.25, 0.3) is 0 Å². The van der Waals surface area contributed by atoms with Gasteiger partial charge in [0.15, 0.2) is 0 Å². The lowest BCUT2D eigenvalue weighted by Crippen LogP contribution is -2.58. The number of hydrogen-bond donors (Lipinski definition) is 1. The molecule has 0 radical (unpaired) electrons. The van der Waals surface area contributed by atoms with Gasteiger partial charge in [-0.15, -0.1) is 0 Å². The number of ether oxygens (including phenoxy) is 1. The maximum absolute atomic E-state index is 12.8. The molecule has 1 fully saturated rings. The minimum Gasteiger partial charge on any atom is -0.382 e. The van der Waals surface area contributed by atoms with Crippen LogP contribution in [0.15, 0.2) is 18.2 Å². The summed E-state index contributed by atoms with van der Waals surface area (Å²) in [7, 11) is 0. The molecule has 1 saturated carbocycles. The highest BCUT2D eigenvalue weighted by Gasteiger charge is 2.49. The molecule has 2 rings (SSSR count). The van der Waals surface area contributed by atoms with E-state index in [1.807, 2.05) is 20.8 Å². The first kappa shape index (κ1) is 16.4. The summed E-state index contributed by atoms with van der Waals surface area (Å²) in [5.41, 5.74) is -0.477. The fraction of sp³-hybridized carbons (Fsp3) is 0.600. The summed E-state index contributed by atoms with van der Waals surface area (Å²) in [6.45, 7) is 6.66. The van der Waals surface area contributed by atoms with Gasteiger partial charge in [-0.1, -0.05) is 25.4 Å². The number of benzene rings is 1. The smallest absolute Gasteiger partial charge is 0.382 e. The number of halogens is 4. The normalized spacial score (nSPS) is 24.5. The average Bonchev–Trinajstić information content (AvgIpc) is 2.36. The van der Waals surface area contributed by atoms with Gasteiger partial charge in [-0.2, -0.15) is 13.2 Å². The van der Waals surface area contributed by atoms with E-state index >= 15 is 0 Å². The molecule has 1 N–H and O–H groups in total. The van der Waals surface area contributed by atoms with Crippen LogP contribution in [-0.4, -0.2) is 18.8 Å². The number of anilines is 1. The van der Waals surface area contributed by atoms with Gasteiger partial charge >= 0.3 is 6.18 Å². The van der Waals surface area contributed by atoms with E-state index in [9.17, 15) is 13.2 Å². The van der Waals surface area contributed by atoms with Gasteiger partial charge in [0.25, 0.3) is 0 Å². The summed E-state index contributed by atoms with van der Waals surface area (Å²) in [5, 5.41) is 3.22. The van der Waals surface area contributed by atoms with E-state index in [1.165, 1.54) is 6.07 Å². The molecule has 0 saturated heterocycles. The van der Waals surface area contributed by atoms with Crippen molar-refractivity contribution in [2.75, 3.05) is 11.9 Å². The van der Waals surface area contributed by atoms with E-state index in [2.05, 4.69) is 5.32 Å². The molecular weight excluding hydrogens is 303 g/mol. The Labute approximate surface area is 127 Å². The summed E-state index contributed by atoms with van der Waals surface area (Å²) in [5.74, 6) is 0. The number of rotatable bonds is 4. The van der Waals surface area contributed by atoms with Crippen LogP contribution >= 0.6 is 11.6 Å². The first-order chi connectivity index (χ1) is 9.64. The second kappa shape index (κ2) is 5.69. The van der Waals surface area contributed by atoms with Crippen molar-refractivity contribution in [2.45, 2.75) is 45.5 Å². The predicted octanol–water partition coefficient (Wildman–Crippen LogP) is 4.97. The quantitative estimate of drug-likeness (QED) is 0.845. The Morgan fingerprint density at radius 3 is 2.52 bits per heavy atom. The summed E-state index contributed by atoms with van der Waals surface area (Å²) < 4.78 is 44.0. The van der Waals surface area contributed by atoms with Crippen LogP contribution in [0.3, 0.4) is 0 Å². The summed E-state index contributed by atoms with van der Waals surface area (Å²) in [6.07, 6.45) is -3.50. The lowest BCUT2D eigenvalue weighted by molar-refractivity contribution is -0.137. The minimum atomic E-state index is -4.40. The Balaban J connectivity index is 2.13. The van der Waals surface area contributed by atoms with Crippen LogP contribution < -0.4 is 5.32 Å². The molecule has 2 atom stereocenters. The molecule has 1 aliphatic rings. The molecule has 0 aromatic heterocycles. The SMILES string of the molecule is CCOC1CC(Nc2cc(Cl)cc(C(F)(F)F)c2)C1(C)C. The molecule has 2 nitrogen and oxygen atoms in total. The fourth-order valence-corrected chi connectivity index (χ4v) is 2.89. The van der Waals surface area contributed by atoms with E-state index in [1.54, 1.807) is 0 Å². The van der Waals surface area contributed by atoms with Crippen LogP contribution in [-0.2, 0) is 10.9 Å². The average molecular weight is 322 g/mol. The molecule has 0 amide bonds. The van der Waals surface area contributed by atoms with Gasteiger partial charge in [-0.05, 0) is 31.5 Å². The van der Waals surface area contributed by atoms with Gasteiger partial charge in [0.1, 0.15) is 0 Å². The first-order valence-electron chi connectivity index (χ1n) is 6.90. The second-order valence-corrected chi connectivity index (χ2v) is 6.36. The molecular formula is C15H19ClF3NO.